The molecule has 4 rings (SSSR count). The number of amides is 1. The lowest BCUT2D eigenvalue weighted by Gasteiger charge is -2.08. The smallest absolute Gasteiger partial charge is 0.257 e. The molecule has 1 amide bonds. The van der Waals surface area contributed by atoms with Gasteiger partial charge < -0.3 is 5.32 Å². The lowest BCUT2D eigenvalue weighted by Crippen LogP contribution is -2.04. The Morgan fingerprint density at radius 3 is 2.73 bits per heavy atom. The van der Waals surface area contributed by atoms with Crippen LogP contribution in [0, 0.1) is 6.92 Å². The maximum Gasteiger partial charge on any atom is 0.257 e. The molecule has 0 saturated heterocycles. The Kier molecular flexibility index (Phi) is 4.39. The molecule has 0 bridgehead atoms. The molecule has 0 radical (unpaired) electrons. The second-order valence-corrected chi connectivity index (χ2v) is 7.52. The van der Waals surface area contributed by atoms with E-state index in [0.29, 0.717) is 11.4 Å². The van der Waals surface area contributed by atoms with E-state index < -0.39 is 0 Å². The first-order valence-electron chi connectivity index (χ1n) is 8.70. The van der Waals surface area contributed by atoms with Crippen LogP contribution < -0.4 is 5.32 Å². The second-order valence-electron chi connectivity index (χ2n) is 6.32. The molecule has 1 aliphatic rings. The first-order valence-corrected chi connectivity index (χ1v) is 9.51. The number of hydrogen-bond donors (Lipinski definition) is 1. The summed E-state index contributed by atoms with van der Waals surface area (Å²) in [6, 6.07) is 10.2. The molecule has 0 saturated carbocycles. The minimum absolute atomic E-state index is 0.0933. The summed E-state index contributed by atoms with van der Waals surface area (Å²) >= 11 is 1.74. The third kappa shape index (κ3) is 3.06. The Balaban J connectivity index is 1.78. The van der Waals surface area contributed by atoms with Crippen molar-refractivity contribution >= 4 is 34.7 Å². The Morgan fingerprint density at radius 2 is 1.96 bits per heavy atom. The van der Waals surface area contributed by atoms with E-state index in [-0.39, 0.29) is 5.91 Å². The van der Waals surface area contributed by atoms with E-state index in [1.807, 2.05) is 25.1 Å². The van der Waals surface area contributed by atoms with E-state index >= 15 is 0 Å². The number of thiophene rings is 1. The highest BCUT2D eigenvalue weighted by Gasteiger charge is 2.27. The topological polar surface area (TPSA) is 54.9 Å². The summed E-state index contributed by atoms with van der Waals surface area (Å²) in [5, 5.41) is 2.89. The average molecular weight is 361 g/mol. The van der Waals surface area contributed by atoms with Crippen LogP contribution in [0.25, 0.3) is 22.8 Å². The molecule has 0 fully saturated rings. The first kappa shape index (κ1) is 16.7. The molecule has 3 aromatic rings. The van der Waals surface area contributed by atoms with Crippen molar-refractivity contribution in [3.63, 3.8) is 0 Å². The molecular weight excluding hydrogens is 342 g/mol. The predicted octanol–water partition coefficient (Wildman–Crippen LogP) is 4.96. The highest BCUT2D eigenvalue weighted by atomic mass is 32.1. The third-order valence-corrected chi connectivity index (χ3v) is 5.53. The highest BCUT2D eigenvalue weighted by Crippen LogP contribution is 2.36. The van der Waals surface area contributed by atoms with Crippen molar-refractivity contribution in [1.82, 2.24) is 9.97 Å². The van der Waals surface area contributed by atoms with Crippen LogP contribution in [0.1, 0.15) is 34.4 Å². The number of aryl methyl sites for hydroxylation is 2. The van der Waals surface area contributed by atoms with Crippen LogP contribution in [0.2, 0.25) is 0 Å². The SMILES string of the molecule is CCCc1ccc(C=C2C(=O)Nc3nc(C)c(-c4ccncc4)cc32)s1. The number of rotatable bonds is 4. The molecule has 4 heterocycles. The van der Waals surface area contributed by atoms with Crippen LogP contribution in [0.15, 0.2) is 42.7 Å². The van der Waals surface area contributed by atoms with Crippen molar-refractivity contribution in [3.8, 4) is 11.1 Å². The van der Waals surface area contributed by atoms with Crippen LogP contribution in [0.3, 0.4) is 0 Å². The molecule has 4 nitrogen and oxygen atoms in total. The molecule has 0 spiro atoms. The maximum atomic E-state index is 12.5. The number of carbonyl (C=O) groups is 1. The fraction of sp³-hybridized carbons (Fsp3) is 0.190. The van der Waals surface area contributed by atoms with Gasteiger partial charge in [-0.15, -0.1) is 11.3 Å². The molecular formula is C21H19N3OS. The fourth-order valence-electron chi connectivity index (χ4n) is 3.17. The average Bonchev–Trinajstić information content (AvgIpc) is 3.20. The molecule has 5 heteroatoms. The van der Waals surface area contributed by atoms with Crippen molar-refractivity contribution < 1.29 is 4.79 Å². The Hall–Kier alpha value is -2.79. The van der Waals surface area contributed by atoms with Crippen molar-refractivity contribution in [2.75, 3.05) is 5.32 Å². The van der Waals surface area contributed by atoms with Gasteiger partial charge in [0.25, 0.3) is 5.91 Å². The van der Waals surface area contributed by atoms with Gasteiger partial charge in [0.05, 0.1) is 5.57 Å². The number of carbonyl (C=O) groups excluding carboxylic acids is 1. The summed E-state index contributed by atoms with van der Waals surface area (Å²) in [5.74, 6) is 0.547. The van der Waals surface area contributed by atoms with Gasteiger partial charge in [0.1, 0.15) is 5.82 Å². The third-order valence-electron chi connectivity index (χ3n) is 4.44. The Morgan fingerprint density at radius 1 is 1.15 bits per heavy atom. The fourth-order valence-corrected chi connectivity index (χ4v) is 4.22. The minimum Gasteiger partial charge on any atom is -0.306 e. The van der Waals surface area contributed by atoms with Crippen LogP contribution in [-0.2, 0) is 11.2 Å². The number of anilines is 1. The molecule has 3 aromatic heterocycles. The van der Waals surface area contributed by atoms with E-state index in [0.717, 1.165) is 40.1 Å². The molecule has 1 N–H and O–H groups in total. The number of nitrogens with one attached hydrogen (secondary N) is 1. The normalized spacial score (nSPS) is 14.5. The summed E-state index contributed by atoms with van der Waals surface area (Å²) < 4.78 is 0. The number of pyridine rings is 2. The van der Waals surface area contributed by atoms with Crippen LogP contribution >= 0.6 is 11.3 Å². The summed E-state index contributed by atoms with van der Waals surface area (Å²) in [6.45, 7) is 4.13. The molecule has 0 aromatic carbocycles. The lowest BCUT2D eigenvalue weighted by atomic mass is 10.0. The second kappa shape index (κ2) is 6.84. The number of aromatic nitrogens is 2. The molecule has 0 atom stereocenters. The van der Waals surface area contributed by atoms with Crippen molar-refractivity contribution in [3.05, 3.63) is 63.7 Å². The standard InChI is InChI=1S/C21H19N3OS/c1-3-4-15-5-6-16(26-15)11-19-18-12-17(14-7-9-22-10-8-14)13(2)23-20(18)24-21(19)25/h5-12H,3-4H2,1-2H3,(H,23,24,25). The Bertz CT molecular complexity index is 1010. The monoisotopic (exact) mass is 361 g/mol. The molecule has 26 heavy (non-hydrogen) atoms. The van der Waals surface area contributed by atoms with Crippen LogP contribution in [0.5, 0.6) is 0 Å². The van der Waals surface area contributed by atoms with Crippen molar-refractivity contribution in [2.45, 2.75) is 26.7 Å². The summed E-state index contributed by atoms with van der Waals surface area (Å²) in [4.78, 5) is 23.6. The number of hydrogen-bond acceptors (Lipinski definition) is 4. The summed E-state index contributed by atoms with van der Waals surface area (Å²) in [6.07, 6.45) is 7.70. The van der Waals surface area contributed by atoms with Gasteiger partial charge in [0.15, 0.2) is 0 Å². The predicted molar refractivity (Wildman–Crippen MR) is 107 cm³/mol. The van der Waals surface area contributed by atoms with E-state index in [4.69, 9.17) is 0 Å². The first-order chi connectivity index (χ1) is 12.7. The largest absolute Gasteiger partial charge is 0.306 e. The zero-order valence-electron chi connectivity index (χ0n) is 14.7. The van der Waals surface area contributed by atoms with Gasteiger partial charge in [-0.1, -0.05) is 13.3 Å². The van der Waals surface area contributed by atoms with Gasteiger partial charge in [-0.25, -0.2) is 4.98 Å². The van der Waals surface area contributed by atoms with Gasteiger partial charge >= 0.3 is 0 Å². The number of fused-ring (bicyclic) bond motifs is 1. The van der Waals surface area contributed by atoms with Gasteiger partial charge in [0.2, 0.25) is 0 Å². The van der Waals surface area contributed by atoms with E-state index in [1.165, 1.54) is 4.88 Å². The van der Waals surface area contributed by atoms with Gasteiger partial charge in [-0.05, 0) is 55.3 Å². The Labute approximate surface area is 156 Å². The van der Waals surface area contributed by atoms with Crippen LogP contribution in [0.4, 0.5) is 5.82 Å². The van der Waals surface area contributed by atoms with Gasteiger partial charge in [-0.2, -0.15) is 0 Å². The minimum atomic E-state index is -0.0933. The number of nitrogens with zero attached hydrogens (tertiary/aromatic N) is 2. The van der Waals surface area contributed by atoms with E-state index in [9.17, 15) is 4.79 Å². The van der Waals surface area contributed by atoms with Crippen molar-refractivity contribution in [2.24, 2.45) is 0 Å². The molecule has 0 aliphatic carbocycles. The highest BCUT2D eigenvalue weighted by molar-refractivity contribution is 7.13. The van der Waals surface area contributed by atoms with Crippen molar-refractivity contribution in [1.29, 1.82) is 0 Å². The van der Waals surface area contributed by atoms with Gasteiger partial charge in [0, 0.05) is 39.0 Å². The van der Waals surface area contributed by atoms with E-state index in [1.54, 1.807) is 23.7 Å². The molecule has 0 unspecified atom stereocenters. The summed E-state index contributed by atoms with van der Waals surface area (Å²) in [7, 11) is 0. The quantitative estimate of drug-likeness (QED) is 0.668. The molecule has 130 valence electrons. The zero-order valence-corrected chi connectivity index (χ0v) is 15.6. The zero-order chi connectivity index (χ0) is 18.1. The van der Waals surface area contributed by atoms with E-state index in [2.05, 4.69) is 40.4 Å². The van der Waals surface area contributed by atoms with Crippen LogP contribution in [-0.4, -0.2) is 15.9 Å². The maximum absolute atomic E-state index is 12.5. The van der Waals surface area contributed by atoms with Gasteiger partial charge in [-0.3, -0.25) is 9.78 Å². The molecule has 1 aliphatic heterocycles. The lowest BCUT2D eigenvalue weighted by molar-refractivity contribution is -0.110. The summed E-state index contributed by atoms with van der Waals surface area (Å²) in [5.41, 5.74) is 4.49.